The zero-order valence-corrected chi connectivity index (χ0v) is 10.2. The van der Waals surface area contributed by atoms with Gasteiger partial charge in [-0.15, -0.1) is 0 Å². The van der Waals surface area contributed by atoms with E-state index in [1.165, 1.54) is 0 Å². The van der Waals surface area contributed by atoms with Crippen molar-refractivity contribution in [2.24, 2.45) is 0 Å². The molecular formula is C14H17NO2. The third-order valence-corrected chi connectivity index (χ3v) is 2.98. The summed E-state index contributed by atoms with van der Waals surface area (Å²) in [6, 6.07) is 7.39. The van der Waals surface area contributed by atoms with Crippen LogP contribution in [0.2, 0.25) is 0 Å². The van der Waals surface area contributed by atoms with Gasteiger partial charge in [-0.2, -0.15) is 0 Å². The molecule has 1 heterocycles. The summed E-state index contributed by atoms with van der Waals surface area (Å²) in [5.74, 6) is 0.132. The van der Waals surface area contributed by atoms with E-state index in [2.05, 4.69) is 12.2 Å². The van der Waals surface area contributed by atoms with Crippen molar-refractivity contribution < 1.29 is 9.21 Å². The van der Waals surface area contributed by atoms with Gasteiger partial charge < -0.3 is 9.73 Å². The molecule has 0 amide bonds. The number of hydrogen-bond acceptors (Lipinski definition) is 3. The first-order valence-electron chi connectivity index (χ1n) is 5.95. The first-order valence-corrected chi connectivity index (χ1v) is 5.95. The molecule has 0 fully saturated rings. The molecule has 90 valence electrons. The molecule has 1 aromatic heterocycles. The number of furan rings is 1. The van der Waals surface area contributed by atoms with Crippen LogP contribution in [0.3, 0.4) is 0 Å². The molecular weight excluding hydrogens is 214 g/mol. The van der Waals surface area contributed by atoms with Gasteiger partial charge in [-0.25, -0.2) is 0 Å². The third kappa shape index (κ3) is 2.39. The van der Waals surface area contributed by atoms with Crippen LogP contribution >= 0.6 is 0 Å². The molecule has 0 aliphatic carbocycles. The minimum absolute atomic E-state index is 0.104. The Hall–Kier alpha value is -1.61. The van der Waals surface area contributed by atoms with Crippen LogP contribution in [0.4, 0.5) is 0 Å². The zero-order chi connectivity index (χ0) is 12.3. The molecule has 0 saturated carbocycles. The molecule has 3 heteroatoms. The Bertz CT molecular complexity index is 516. The number of hydrogen-bond donors (Lipinski definition) is 1. The Morgan fingerprint density at radius 2 is 2.24 bits per heavy atom. The maximum atomic E-state index is 12.2. The fourth-order valence-corrected chi connectivity index (χ4v) is 2.00. The maximum absolute atomic E-state index is 12.2. The van der Waals surface area contributed by atoms with Gasteiger partial charge in [0.1, 0.15) is 5.58 Å². The van der Waals surface area contributed by atoms with Crippen LogP contribution in [0.15, 0.2) is 34.9 Å². The molecule has 1 N–H and O–H groups in total. The van der Waals surface area contributed by atoms with E-state index in [0.717, 1.165) is 23.8 Å². The standard InChI is InChI=1S/C14H17NO2/c1-3-4-12(15-2)14(16)11-6-5-10-7-8-17-13(10)9-11/h5-9,12,15H,3-4H2,1-2H3. The molecule has 1 unspecified atom stereocenters. The Balaban J connectivity index is 2.28. The number of ketones is 1. The van der Waals surface area contributed by atoms with Crippen LogP contribution in [-0.2, 0) is 0 Å². The lowest BCUT2D eigenvalue weighted by atomic mass is 10.00. The van der Waals surface area contributed by atoms with Gasteiger partial charge in [0.2, 0.25) is 0 Å². The van der Waals surface area contributed by atoms with E-state index in [9.17, 15) is 4.79 Å². The monoisotopic (exact) mass is 231 g/mol. The van der Waals surface area contributed by atoms with Crippen molar-refractivity contribution in [3.63, 3.8) is 0 Å². The average Bonchev–Trinajstić information content (AvgIpc) is 2.82. The normalized spacial score (nSPS) is 12.8. The second kappa shape index (κ2) is 5.15. The summed E-state index contributed by atoms with van der Waals surface area (Å²) in [5.41, 5.74) is 1.47. The number of likely N-dealkylation sites (N-methyl/N-ethyl adjacent to an activating group) is 1. The molecule has 17 heavy (non-hydrogen) atoms. The Labute approximate surface area is 101 Å². The first kappa shape index (κ1) is 11.9. The summed E-state index contributed by atoms with van der Waals surface area (Å²) in [4.78, 5) is 12.2. The number of fused-ring (bicyclic) bond motifs is 1. The lowest BCUT2D eigenvalue weighted by Gasteiger charge is -2.13. The van der Waals surface area contributed by atoms with Gasteiger partial charge in [-0.3, -0.25) is 4.79 Å². The summed E-state index contributed by atoms with van der Waals surface area (Å²) in [7, 11) is 1.82. The predicted octanol–water partition coefficient (Wildman–Crippen LogP) is 3.00. The highest BCUT2D eigenvalue weighted by Gasteiger charge is 2.17. The fourth-order valence-electron chi connectivity index (χ4n) is 2.00. The van der Waals surface area contributed by atoms with E-state index in [1.807, 2.05) is 31.3 Å². The molecule has 0 spiro atoms. The van der Waals surface area contributed by atoms with E-state index in [1.54, 1.807) is 6.26 Å². The molecule has 2 rings (SSSR count). The zero-order valence-electron chi connectivity index (χ0n) is 10.2. The van der Waals surface area contributed by atoms with Crippen molar-refractivity contribution >= 4 is 16.8 Å². The largest absolute Gasteiger partial charge is 0.464 e. The number of Topliss-reactive ketones (excluding diaryl/α,β-unsaturated/α-hetero) is 1. The van der Waals surface area contributed by atoms with Gasteiger partial charge in [-0.1, -0.05) is 25.5 Å². The van der Waals surface area contributed by atoms with E-state index >= 15 is 0 Å². The number of carbonyl (C=O) groups excluding carboxylic acids is 1. The fraction of sp³-hybridized carbons (Fsp3) is 0.357. The van der Waals surface area contributed by atoms with Gasteiger partial charge in [0.25, 0.3) is 0 Å². The molecule has 2 aromatic rings. The summed E-state index contributed by atoms with van der Waals surface area (Å²) >= 11 is 0. The van der Waals surface area contributed by atoms with Crippen molar-refractivity contribution in [2.45, 2.75) is 25.8 Å². The Kier molecular flexibility index (Phi) is 3.59. The topological polar surface area (TPSA) is 42.2 Å². The predicted molar refractivity (Wildman–Crippen MR) is 68.3 cm³/mol. The second-order valence-corrected chi connectivity index (χ2v) is 4.17. The van der Waals surface area contributed by atoms with E-state index in [-0.39, 0.29) is 11.8 Å². The minimum atomic E-state index is -0.104. The number of rotatable bonds is 5. The number of nitrogens with one attached hydrogen (secondary N) is 1. The van der Waals surface area contributed by atoms with Crippen molar-refractivity contribution in [1.29, 1.82) is 0 Å². The highest BCUT2D eigenvalue weighted by atomic mass is 16.3. The van der Waals surface area contributed by atoms with Gasteiger partial charge in [0, 0.05) is 10.9 Å². The molecule has 0 bridgehead atoms. The quantitative estimate of drug-likeness (QED) is 0.804. The van der Waals surface area contributed by atoms with Crippen LogP contribution < -0.4 is 5.32 Å². The van der Waals surface area contributed by atoms with Crippen LogP contribution in [0.1, 0.15) is 30.1 Å². The van der Waals surface area contributed by atoms with Crippen LogP contribution in [0.25, 0.3) is 11.0 Å². The SMILES string of the molecule is CCCC(NC)C(=O)c1ccc2ccoc2c1. The number of benzene rings is 1. The lowest BCUT2D eigenvalue weighted by molar-refractivity contribution is 0.0942. The highest BCUT2D eigenvalue weighted by Crippen LogP contribution is 2.18. The van der Waals surface area contributed by atoms with Gasteiger partial charge in [0.05, 0.1) is 12.3 Å². The van der Waals surface area contributed by atoms with E-state index < -0.39 is 0 Å². The van der Waals surface area contributed by atoms with Gasteiger partial charge in [-0.05, 0) is 25.6 Å². The summed E-state index contributed by atoms with van der Waals surface area (Å²) in [6.45, 7) is 2.08. The van der Waals surface area contributed by atoms with Crippen molar-refractivity contribution in [2.75, 3.05) is 7.05 Å². The first-order chi connectivity index (χ1) is 8.26. The Morgan fingerprint density at radius 3 is 2.94 bits per heavy atom. The van der Waals surface area contributed by atoms with Gasteiger partial charge in [0.15, 0.2) is 5.78 Å². The molecule has 0 aliphatic rings. The summed E-state index contributed by atoms with van der Waals surface area (Å²) < 4.78 is 5.31. The van der Waals surface area contributed by atoms with Crippen LogP contribution in [0, 0.1) is 0 Å². The minimum Gasteiger partial charge on any atom is -0.464 e. The molecule has 1 atom stereocenters. The average molecular weight is 231 g/mol. The van der Waals surface area contributed by atoms with Crippen LogP contribution in [0.5, 0.6) is 0 Å². The van der Waals surface area contributed by atoms with Crippen molar-refractivity contribution in [1.82, 2.24) is 5.32 Å². The molecule has 1 aromatic carbocycles. The third-order valence-electron chi connectivity index (χ3n) is 2.98. The number of carbonyl (C=O) groups is 1. The van der Waals surface area contributed by atoms with Crippen molar-refractivity contribution in [3.8, 4) is 0 Å². The van der Waals surface area contributed by atoms with Crippen molar-refractivity contribution in [3.05, 3.63) is 36.1 Å². The second-order valence-electron chi connectivity index (χ2n) is 4.17. The van der Waals surface area contributed by atoms with E-state index in [0.29, 0.717) is 5.56 Å². The summed E-state index contributed by atoms with van der Waals surface area (Å²) in [6.07, 6.45) is 3.48. The smallest absolute Gasteiger partial charge is 0.179 e. The molecule has 0 saturated heterocycles. The lowest BCUT2D eigenvalue weighted by Crippen LogP contribution is -2.33. The van der Waals surface area contributed by atoms with Crippen LogP contribution in [-0.4, -0.2) is 18.9 Å². The maximum Gasteiger partial charge on any atom is 0.179 e. The molecule has 3 nitrogen and oxygen atoms in total. The van der Waals surface area contributed by atoms with E-state index in [4.69, 9.17) is 4.42 Å². The van der Waals surface area contributed by atoms with Gasteiger partial charge >= 0.3 is 0 Å². The summed E-state index contributed by atoms with van der Waals surface area (Å²) in [5, 5.41) is 4.09. The molecule has 0 radical (unpaired) electrons. The molecule has 0 aliphatic heterocycles. The highest BCUT2D eigenvalue weighted by molar-refractivity contribution is 6.02. The Morgan fingerprint density at radius 1 is 1.41 bits per heavy atom.